The number of nitrogens with zero attached hydrogens (tertiary/aromatic N) is 1. The number of rotatable bonds is 3. The maximum absolute atomic E-state index is 12.7. The summed E-state index contributed by atoms with van der Waals surface area (Å²) in [5, 5.41) is -0.557. The Hall–Kier alpha value is -0.660. The summed E-state index contributed by atoms with van der Waals surface area (Å²) in [5.41, 5.74) is 4.07. The van der Waals surface area contributed by atoms with Crippen molar-refractivity contribution in [2.75, 3.05) is 13.2 Å². The molecule has 0 aromatic rings. The van der Waals surface area contributed by atoms with Crippen LogP contribution in [0.4, 0.5) is 0 Å². The van der Waals surface area contributed by atoms with Crippen molar-refractivity contribution in [1.29, 1.82) is 0 Å². The fourth-order valence-electron chi connectivity index (χ4n) is 3.66. The molecule has 1 aliphatic carbocycles. The molecule has 1 saturated carbocycles. The molecule has 4 rings (SSSR count). The second-order valence-corrected chi connectivity index (χ2v) is 8.78. The molecule has 7 heteroatoms. The van der Waals surface area contributed by atoms with Gasteiger partial charge in [-0.3, -0.25) is 4.79 Å². The molecule has 108 valence electrons. The summed E-state index contributed by atoms with van der Waals surface area (Å²) >= 11 is 0. The maximum atomic E-state index is 12.7. The Morgan fingerprint density at radius 1 is 1.32 bits per heavy atom. The van der Waals surface area contributed by atoms with Crippen LogP contribution in [-0.4, -0.2) is 48.2 Å². The van der Waals surface area contributed by atoms with E-state index in [2.05, 4.69) is 0 Å². The van der Waals surface area contributed by atoms with Gasteiger partial charge in [0, 0.05) is 6.54 Å². The monoisotopic (exact) mass is 288 g/mol. The molecular formula is C12H20N2O4S. The van der Waals surface area contributed by atoms with Gasteiger partial charge >= 0.3 is 0 Å². The highest BCUT2D eigenvalue weighted by atomic mass is 32.2. The number of hydrogen-bond acceptors (Lipinski definition) is 4. The minimum Gasteiger partial charge on any atom is -0.374 e. The molecule has 0 spiro atoms. The zero-order valence-electron chi connectivity index (χ0n) is 11.3. The average molecular weight is 288 g/mol. The fraction of sp³-hybridized carbons (Fsp3) is 0.917. The van der Waals surface area contributed by atoms with Gasteiger partial charge in [0.25, 0.3) is 0 Å². The van der Waals surface area contributed by atoms with Crippen LogP contribution in [0.25, 0.3) is 0 Å². The van der Waals surface area contributed by atoms with Crippen LogP contribution in [0.3, 0.4) is 0 Å². The topological polar surface area (TPSA) is 89.7 Å². The highest BCUT2D eigenvalue weighted by Gasteiger charge is 2.65. The number of hydrogen-bond donors (Lipinski definition) is 1. The highest BCUT2D eigenvalue weighted by Crippen LogP contribution is 2.52. The van der Waals surface area contributed by atoms with E-state index in [-0.39, 0.29) is 12.5 Å². The van der Waals surface area contributed by atoms with Gasteiger partial charge in [0.2, 0.25) is 15.9 Å². The molecule has 3 aliphatic heterocycles. The number of nitrogens with two attached hydrogens (primary N) is 1. The van der Waals surface area contributed by atoms with Crippen molar-refractivity contribution >= 4 is 15.9 Å². The van der Waals surface area contributed by atoms with E-state index in [0.717, 1.165) is 0 Å². The van der Waals surface area contributed by atoms with Crippen molar-refractivity contribution in [3.8, 4) is 0 Å². The Morgan fingerprint density at radius 3 is 2.42 bits per heavy atom. The zero-order chi connectivity index (χ0) is 14.1. The first-order chi connectivity index (χ1) is 8.67. The quantitative estimate of drug-likeness (QED) is 0.781. The standard InChI is InChI=1S/C12H20N2O4S/c1-11(2)5-9(7-18-11)19(16,17)14-6-8-3-12(14,4-8)10(13)15/h8-9H,3-7H2,1-2H3,(H2,13,15). The van der Waals surface area contributed by atoms with E-state index in [9.17, 15) is 13.2 Å². The van der Waals surface area contributed by atoms with Gasteiger partial charge in [0.1, 0.15) is 10.8 Å². The molecule has 4 fully saturated rings. The molecule has 2 N–H and O–H groups in total. The van der Waals surface area contributed by atoms with Crippen molar-refractivity contribution in [2.24, 2.45) is 11.7 Å². The van der Waals surface area contributed by atoms with Gasteiger partial charge in [-0.2, -0.15) is 4.31 Å². The molecule has 0 aromatic carbocycles. The van der Waals surface area contributed by atoms with E-state index in [1.165, 1.54) is 4.31 Å². The third kappa shape index (κ3) is 1.75. The molecular weight excluding hydrogens is 268 g/mol. The fourth-order valence-corrected chi connectivity index (χ4v) is 6.02. The summed E-state index contributed by atoms with van der Waals surface area (Å²) in [6.45, 7) is 4.40. The summed E-state index contributed by atoms with van der Waals surface area (Å²) in [4.78, 5) is 11.6. The SMILES string of the molecule is CC1(C)CC(S(=O)(=O)N2CC3CC2(C(N)=O)C3)CO1. The van der Waals surface area contributed by atoms with Crippen molar-refractivity contribution in [3.05, 3.63) is 0 Å². The summed E-state index contributed by atoms with van der Waals surface area (Å²) in [5.74, 6) is -0.222. The lowest BCUT2D eigenvalue weighted by atomic mass is 9.73. The minimum atomic E-state index is -3.51. The first-order valence-corrected chi connectivity index (χ1v) is 8.13. The van der Waals surface area contributed by atoms with Crippen LogP contribution in [0, 0.1) is 5.92 Å². The van der Waals surface area contributed by atoms with Crippen LogP contribution in [-0.2, 0) is 19.6 Å². The van der Waals surface area contributed by atoms with Gasteiger partial charge in [-0.05, 0) is 39.0 Å². The number of carbonyl (C=O) groups is 1. The van der Waals surface area contributed by atoms with Crippen LogP contribution in [0.5, 0.6) is 0 Å². The summed E-state index contributed by atoms with van der Waals surface area (Å²) < 4.78 is 32.3. The molecule has 2 bridgehead atoms. The number of carbonyl (C=O) groups excluding carboxylic acids is 1. The van der Waals surface area contributed by atoms with Crippen molar-refractivity contribution in [1.82, 2.24) is 4.31 Å². The lowest BCUT2D eigenvalue weighted by Gasteiger charge is -2.39. The zero-order valence-corrected chi connectivity index (χ0v) is 12.1. The molecule has 6 nitrogen and oxygen atoms in total. The number of fused-ring (bicyclic) bond motifs is 1. The van der Waals surface area contributed by atoms with E-state index in [1.54, 1.807) is 0 Å². The Bertz CT molecular complexity index is 522. The lowest BCUT2D eigenvalue weighted by molar-refractivity contribution is -0.128. The second-order valence-electron chi connectivity index (χ2n) is 6.64. The average Bonchev–Trinajstić information content (AvgIpc) is 2.86. The van der Waals surface area contributed by atoms with Gasteiger partial charge in [0.15, 0.2) is 0 Å². The van der Waals surface area contributed by atoms with Crippen LogP contribution in [0.2, 0.25) is 0 Å². The molecule has 4 aliphatic rings. The van der Waals surface area contributed by atoms with E-state index in [4.69, 9.17) is 10.5 Å². The Labute approximate surface area is 113 Å². The van der Waals surface area contributed by atoms with Gasteiger partial charge in [-0.15, -0.1) is 0 Å². The number of amides is 1. The van der Waals surface area contributed by atoms with Gasteiger partial charge in [-0.25, -0.2) is 8.42 Å². The number of sulfonamides is 1. The smallest absolute Gasteiger partial charge is 0.239 e. The summed E-state index contributed by atoms with van der Waals surface area (Å²) in [6.07, 6.45) is 1.63. The molecule has 19 heavy (non-hydrogen) atoms. The van der Waals surface area contributed by atoms with E-state index in [1.807, 2.05) is 13.8 Å². The second kappa shape index (κ2) is 3.71. The van der Waals surface area contributed by atoms with Crippen LogP contribution >= 0.6 is 0 Å². The van der Waals surface area contributed by atoms with E-state index >= 15 is 0 Å². The maximum Gasteiger partial charge on any atom is 0.239 e. The predicted octanol–water partition coefficient (Wildman–Crippen LogP) is -0.167. The molecule has 1 atom stereocenters. The van der Waals surface area contributed by atoms with Crippen molar-refractivity contribution in [2.45, 2.75) is 49.5 Å². The summed E-state index contributed by atoms with van der Waals surface area (Å²) in [6, 6.07) is 0. The van der Waals surface area contributed by atoms with Gasteiger partial charge < -0.3 is 10.5 Å². The normalized spacial score (nSPS) is 41.2. The van der Waals surface area contributed by atoms with Crippen LogP contribution in [0.15, 0.2) is 0 Å². The van der Waals surface area contributed by atoms with E-state index < -0.39 is 32.3 Å². The highest BCUT2D eigenvalue weighted by molar-refractivity contribution is 7.89. The molecule has 0 radical (unpaired) electrons. The molecule has 0 aromatic heterocycles. The number of primary amides is 1. The van der Waals surface area contributed by atoms with Crippen LogP contribution < -0.4 is 5.73 Å². The van der Waals surface area contributed by atoms with Crippen molar-refractivity contribution < 1.29 is 17.9 Å². The predicted molar refractivity (Wildman–Crippen MR) is 68.7 cm³/mol. The summed E-state index contributed by atoms with van der Waals surface area (Å²) in [7, 11) is -3.51. The molecule has 3 saturated heterocycles. The first kappa shape index (κ1) is 13.3. The van der Waals surface area contributed by atoms with Crippen molar-refractivity contribution in [3.63, 3.8) is 0 Å². The Kier molecular flexibility index (Phi) is 2.60. The van der Waals surface area contributed by atoms with Gasteiger partial charge in [-0.1, -0.05) is 0 Å². The third-order valence-corrected chi connectivity index (χ3v) is 6.98. The first-order valence-electron chi connectivity index (χ1n) is 6.63. The lowest BCUT2D eigenvalue weighted by Crippen LogP contribution is -2.59. The number of ether oxygens (including phenoxy) is 1. The largest absolute Gasteiger partial charge is 0.374 e. The van der Waals surface area contributed by atoms with Gasteiger partial charge in [0.05, 0.1) is 12.2 Å². The van der Waals surface area contributed by atoms with Crippen LogP contribution in [0.1, 0.15) is 33.1 Å². The van der Waals surface area contributed by atoms with E-state index in [0.29, 0.717) is 25.8 Å². The molecule has 3 heterocycles. The molecule has 1 unspecified atom stereocenters. The Morgan fingerprint density at radius 2 is 1.95 bits per heavy atom. The Balaban J connectivity index is 1.88. The third-order valence-electron chi connectivity index (χ3n) is 4.72. The minimum absolute atomic E-state index is 0.200. The molecule has 1 amide bonds.